The maximum atomic E-state index is 11.7. The number of hydrogen-bond acceptors (Lipinski definition) is 3. The van der Waals surface area contributed by atoms with E-state index in [1.54, 1.807) is 6.20 Å². The third kappa shape index (κ3) is 23.2. The second kappa shape index (κ2) is 24.2. The number of hydrogen-bond donors (Lipinski definition) is 3. The molecule has 0 aliphatic rings. The topological polar surface area (TPSA) is 70.2 Å². The second-order valence-corrected chi connectivity index (χ2v) is 6.52. The zero-order chi connectivity index (χ0) is 22.0. The Hall–Kier alpha value is -2.82. The molecular weight excluding hydrogens is 374 g/mol. The average molecular weight is 414 g/mol. The molecule has 3 N–H and O–H groups in total. The minimum atomic E-state index is 0.0687. The Balaban J connectivity index is 3.51. The van der Waals surface area contributed by atoms with Crippen molar-refractivity contribution in [2.24, 2.45) is 0 Å². The van der Waals surface area contributed by atoms with E-state index in [9.17, 15) is 9.59 Å². The van der Waals surface area contributed by atoms with Crippen LogP contribution >= 0.6 is 0 Å². The minimum Gasteiger partial charge on any atom is -0.388 e. The molecule has 0 spiro atoms. The number of carbonyl (C=O) groups is 2. The van der Waals surface area contributed by atoms with Gasteiger partial charge in [-0.1, -0.05) is 67.7 Å². The highest BCUT2D eigenvalue weighted by molar-refractivity contribution is 5.75. The van der Waals surface area contributed by atoms with E-state index in [2.05, 4.69) is 83.6 Å². The van der Waals surface area contributed by atoms with Crippen LogP contribution in [0, 0.1) is 0 Å². The zero-order valence-electron chi connectivity index (χ0n) is 18.4. The first-order valence-corrected chi connectivity index (χ1v) is 10.9. The standard InChI is InChI=1S/C25H39N3O2/c1-2-3-4-5-6-7-8-9-10-11-12-13-14-15-16-17-18-19-25(30)28-23-22-26-20-21-27-24-29/h3-4,6-7,9-10,12-13,15-16,20-21,24,26H,2,5,8,11,14,17-19,22-23H2,1H3,(H,27,29)(H,28,30)/b4-3-,7-6-,10-9-,13-12-,16-15-,21-20+. The molecule has 0 rings (SSSR count). The molecule has 0 aliphatic heterocycles. The predicted molar refractivity (Wildman–Crippen MR) is 128 cm³/mol. The van der Waals surface area contributed by atoms with Gasteiger partial charge in [0, 0.05) is 31.9 Å². The molecule has 5 heteroatoms. The number of allylic oxidation sites excluding steroid dienone is 10. The molecule has 2 amide bonds. The fourth-order valence-corrected chi connectivity index (χ4v) is 2.34. The molecular formula is C25H39N3O2. The summed E-state index contributed by atoms with van der Waals surface area (Å²) >= 11 is 0. The van der Waals surface area contributed by atoms with Crippen LogP contribution in [0.15, 0.2) is 73.2 Å². The van der Waals surface area contributed by atoms with Crippen molar-refractivity contribution in [3.63, 3.8) is 0 Å². The normalized spacial score (nSPS) is 12.3. The third-order valence-electron chi connectivity index (χ3n) is 3.89. The number of carbonyl (C=O) groups excluding carboxylic acids is 2. The summed E-state index contributed by atoms with van der Waals surface area (Å²) in [5.74, 6) is 0.0687. The summed E-state index contributed by atoms with van der Waals surface area (Å²) in [6.07, 6.45) is 32.9. The van der Waals surface area contributed by atoms with E-state index in [-0.39, 0.29) is 5.91 Å². The summed E-state index contributed by atoms with van der Waals surface area (Å²) in [5.41, 5.74) is 0. The van der Waals surface area contributed by atoms with Gasteiger partial charge in [-0.15, -0.1) is 0 Å². The molecule has 0 radical (unpaired) electrons. The van der Waals surface area contributed by atoms with Crippen LogP contribution in [0.4, 0.5) is 0 Å². The molecule has 0 unspecified atom stereocenters. The summed E-state index contributed by atoms with van der Waals surface area (Å²) < 4.78 is 0. The lowest BCUT2D eigenvalue weighted by Crippen LogP contribution is -2.30. The maximum absolute atomic E-state index is 11.7. The van der Waals surface area contributed by atoms with Crippen molar-refractivity contribution in [2.45, 2.75) is 58.3 Å². The SMILES string of the molecule is CC/C=C\C/C=C\C/C=C\C/C=C\C/C=C\CCCC(=O)NCCN/C=C/NC=O. The van der Waals surface area contributed by atoms with Crippen molar-refractivity contribution >= 4 is 12.3 Å². The van der Waals surface area contributed by atoms with Gasteiger partial charge in [-0.05, 0) is 44.9 Å². The van der Waals surface area contributed by atoms with Gasteiger partial charge >= 0.3 is 0 Å². The Kier molecular flexibility index (Phi) is 21.9. The lowest BCUT2D eigenvalue weighted by molar-refractivity contribution is -0.121. The van der Waals surface area contributed by atoms with E-state index in [0.29, 0.717) is 25.9 Å². The number of amides is 2. The van der Waals surface area contributed by atoms with Crippen molar-refractivity contribution in [3.8, 4) is 0 Å². The molecule has 0 fully saturated rings. The Labute approximate surface area is 182 Å². The summed E-state index contributed by atoms with van der Waals surface area (Å²) in [6.45, 7) is 3.33. The van der Waals surface area contributed by atoms with E-state index in [1.807, 2.05) is 0 Å². The molecule has 0 aromatic rings. The van der Waals surface area contributed by atoms with Gasteiger partial charge in [0.1, 0.15) is 0 Å². The molecule has 0 aliphatic carbocycles. The minimum absolute atomic E-state index is 0.0687. The van der Waals surface area contributed by atoms with Gasteiger partial charge in [0.25, 0.3) is 0 Å². The monoisotopic (exact) mass is 413 g/mol. The van der Waals surface area contributed by atoms with Crippen molar-refractivity contribution in [1.82, 2.24) is 16.0 Å². The van der Waals surface area contributed by atoms with E-state index < -0.39 is 0 Å². The molecule has 0 atom stereocenters. The van der Waals surface area contributed by atoms with Crippen LogP contribution in [-0.2, 0) is 9.59 Å². The first-order chi connectivity index (χ1) is 14.8. The molecule has 5 nitrogen and oxygen atoms in total. The fraction of sp³-hybridized carbons (Fsp3) is 0.440. The Morgan fingerprint density at radius 3 is 1.87 bits per heavy atom. The van der Waals surface area contributed by atoms with Crippen LogP contribution in [0.3, 0.4) is 0 Å². The Morgan fingerprint density at radius 1 is 0.733 bits per heavy atom. The summed E-state index contributed by atoms with van der Waals surface area (Å²) in [5, 5.41) is 8.21. The Bertz CT molecular complexity index is 587. The lowest BCUT2D eigenvalue weighted by atomic mass is 10.2. The van der Waals surface area contributed by atoms with Crippen LogP contribution in [0.5, 0.6) is 0 Å². The van der Waals surface area contributed by atoms with Crippen molar-refractivity contribution in [1.29, 1.82) is 0 Å². The van der Waals surface area contributed by atoms with Gasteiger partial charge in [-0.3, -0.25) is 9.59 Å². The summed E-state index contributed by atoms with van der Waals surface area (Å²) in [4.78, 5) is 21.7. The number of nitrogens with one attached hydrogen (secondary N) is 3. The predicted octanol–water partition coefficient (Wildman–Crippen LogP) is 4.83. The van der Waals surface area contributed by atoms with Crippen LogP contribution in [0.2, 0.25) is 0 Å². The van der Waals surface area contributed by atoms with Gasteiger partial charge in [0.05, 0.1) is 0 Å². The molecule has 30 heavy (non-hydrogen) atoms. The summed E-state index contributed by atoms with van der Waals surface area (Å²) in [6, 6.07) is 0. The molecule has 0 bridgehead atoms. The van der Waals surface area contributed by atoms with Crippen molar-refractivity contribution in [2.75, 3.05) is 13.1 Å². The van der Waals surface area contributed by atoms with Crippen LogP contribution < -0.4 is 16.0 Å². The third-order valence-corrected chi connectivity index (χ3v) is 3.89. The molecule has 0 saturated carbocycles. The molecule has 166 valence electrons. The number of unbranched alkanes of at least 4 members (excludes halogenated alkanes) is 1. The second-order valence-electron chi connectivity index (χ2n) is 6.52. The van der Waals surface area contributed by atoms with Gasteiger partial charge in [0.2, 0.25) is 12.3 Å². The first kappa shape index (κ1) is 27.2. The van der Waals surface area contributed by atoms with Crippen LogP contribution in [0.25, 0.3) is 0 Å². The van der Waals surface area contributed by atoms with Gasteiger partial charge < -0.3 is 16.0 Å². The maximum Gasteiger partial charge on any atom is 0.220 e. The molecule has 0 aromatic carbocycles. The van der Waals surface area contributed by atoms with E-state index >= 15 is 0 Å². The highest BCUT2D eigenvalue weighted by Crippen LogP contribution is 1.99. The van der Waals surface area contributed by atoms with E-state index in [0.717, 1.165) is 44.9 Å². The summed E-state index contributed by atoms with van der Waals surface area (Å²) in [7, 11) is 0. The van der Waals surface area contributed by atoms with E-state index in [1.165, 1.54) is 6.20 Å². The first-order valence-electron chi connectivity index (χ1n) is 10.9. The lowest BCUT2D eigenvalue weighted by Gasteiger charge is -2.04. The fourth-order valence-electron chi connectivity index (χ4n) is 2.34. The smallest absolute Gasteiger partial charge is 0.220 e. The van der Waals surface area contributed by atoms with Gasteiger partial charge in [-0.2, -0.15) is 0 Å². The quantitative estimate of drug-likeness (QED) is 0.161. The van der Waals surface area contributed by atoms with E-state index in [4.69, 9.17) is 0 Å². The average Bonchev–Trinajstić information content (AvgIpc) is 2.75. The number of rotatable bonds is 19. The van der Waals surface area contributed by atoms with Crippen LogP contribution in [-0.4, -0.2) is 25.4 Å². The largest absolute Gasteiger partial charge is 0.388 e. The molecule has 0 saturated heterocycles. The Morgan fingerprint density at radius 2 is 1.30 bits per heavy atom. The van der Waals surface area contributed by atoms with Gasteiger partial charge in [0.15, 0.2) is 0 Å². The highest BCUT2D eigenvalue weighted by atomic mass is 16.1. The van der Waals surface area contributed by atoms with Gasteiger partial charge in [-0.25, -0.2) is 0 Å². The van der Waals surface area contributed by atoms with Crippen LogP contribution in [0.1, 0.15) is 58.3 Å². The van der Waals surface area contributed by atoms with Crippen molar-refractivity contribution < 1.29 is 9.59 Å². The molecule has 0 heterocycles. The highest BCUT2D eigenvalue weighted by Gasteiger charge is 1.98. The zero-order valence-corrected chi connectivity index (χ0v) is 18.4. The molecule has 0 aromatic heterocycles. The van der Waals surface area contributed by atoms with Crippen molar-refractivity contribution in [3.05, 3.63) is 73.2 Å².